The van der Waals surface area contributed by atoms with Crippen LogP contribution in [0.5, 0.6) is 0 Å². The van der Waals surface area contributed by atoms with E-state index in [1.165, 1.54) is 12.1 Å². The minimum atomic E-state index is -5.08. The van der Waals surface area contributed by atoms with Crippen molar-refractivity contribution in [1.82, 2.24) is 5.01 Å². The molecule has 0 unspecified atom stereocenters. The molecule has 1 aromatic heterocycles. The number of benzene rings is 1. The maximum Gasteiger partial charge on any atom is 0.438 e. The lowest BCUT2D eigenvalue weighted by atomic mass is 10.0. The van der Waals surface area contributed by atoms with Crippen molar-refractivity contribution in [3.8, 4) is 0 Å². The van der Waals surface area contributed by atoms with Gasteiger partial charge in [-0.05, 0) is 24.6 Å². The number of nitrogens with zero attached hydrogens (tertiary/aromatic N) is 2. The molecule has 5 nitrogen and oxygen atoms in total. The van der Waals surface area contributed by atoms with Crippen molar-refractivity contribution >= 4 is 11.6 Å². The summed E-state index contributed by atoms with van der Waals surface area (Å²) in [7, 11) is 0. The normalized spacial score (nSPS) is 21.0. The summed E-state index contributed by atoms with van der Waals surface area (Å²) in [4.78, 5) is 12.4. The fourth-order valence-electron chi connectivity index (χ4n) is 2.43. The Balaban J connectivity index is 2.04. The summed E-state index contributed by atoms with van der Waals surface area (Å²) in [6.45, 7) is 1.55. The first-order chi connectivity index (χ1) is 11.2. The number of hydrogen-bond acceptors (Lipinski definition) is 4. The molecule has 0 bridgehead atoms. The predicted molar refractivity (Wildman–Crippen MR) is 78.2 cm³/mol. The first-order valence-electron chi connectivity index (χ1n) is 7.05. The molecule has 0 radical (unpaired) electrons. The second-order valence-corrected chi connectivity index (χ2v) is 5.43. The van der Waals surface area contributed by atoms with E-state index < -0.39 is 24.2 Å². The van der Waals surface area contributed by atoms with Crippen LogP contribution >= 0.6 is 0 Å². The van der Waals surface area contributed by atoms with Crippen molar-refractivity contribution in [1.29, 1.82) is 0 Å². The molecule has 8 heteroatoms. The zero-order valence-corrected chi connectivity index (χ0v) is 12.5. The Kier molecular flexibility index (Phi) is 3.71. The maximum atomic E-state index is 13.4. The van der Waals surface area contributed by atoms with E-state index in [0.717, 1.165) is 0 Å². The number of aryl methyl sites for hydroxylation is 1. The van der Waals surface area contributed by atoms with Crippen LogP contribution in [0.15, 0.2) is 52.0 Å². The molecule has 24 heavy (non-hydrogen) atoms. The van der Waals surface area contributed by atoms with Crippen LogP contribution in [-0.2, 0) is 0 Å². The van der Waals surface area contributed by atoms with E-state index in [1.54, 1.807) is 37.3 Å². The largest absolute Gasteiger partial charge is 0.456 e. The van der Waals surface area contributed by atoms with Gasteiger partial charge in [-0.15, -0.1) is 0 Å². The van der Waals surface area contributed by atoms with Crippen molar-refractivity contribution < 1.29 is 27.5 Å². The second kappa shape index (κ2) is 5.48. The highest BCUT2D eigenvalue weighted by Gasteiger charge is 2.63. The molecule has 2 aromatic rings. The van der Waals surface area contributed by atoms with Gasteiger partial charge < -0.3 is 9.52 Å². The minimum Gasteiger partial charge on any atom is -0.456 e. The van der Waals surface area contributed by atoms with Gasteiger partial charge in [0.15, 0.2) is 5.76 Å². The molecule has 3 rings (SSSR count). The molecule has 0 saturated carbocycles. The standard InChI is InChI=1S/C16H13F3N2O3/c1-10-7-8-13(24-10)14(22)21-15(23,16(17,18)19)9-12(20-21)11-5-3-2-4-6-11/h2-8,23H,9H2,1H3/t15-/m1/s1. The van der Waals surface area contributed by atoms with Crippen LogP contribution in [0.4, 0.5) is 13.2 Å². The Bertz CT molecular complexity index is 798. The lowest BCUT2D eigenvalue weighted by molar-refractivity contribution is -0.297. The number of furan rings is 1. The van der Waals surface area contributed by atoms with Gasteiger partial charge in [-0.3, -0.25) is 4.79 Å². The number of rotatable bonds is 2. The monoisotopic (exact) mass is 338 g/mol. The topological polar surface area (TPSA) is 66.0 Å². The van der Waals surface area contributed by atoms with Crippen LogP contribution in [0.2, 0.25) is 0 Å². The van der Waals surface area contributed by atoms with E-state index >= 15 is 0 Å². The smallest absolute Gasteiger partial charge is 0.438 e. The molecule has 1 amide bonds. The molecule has 2 heterocycles. The van der Waals surface area contributed by atoms with Crippen LogP contribution in [-0.4, -0.2) is 33.6 Å². The van der Waals surface area contributed by atoms with Gasteiger partial charge in [0.2, 0.25) is 0 Å². The number of amides is 1. The number of aliphatic hydroxyl groups is 1. The van der Waals surface area contributed by atoms with Crippen LogP contribution in [0.25, 0.3) is 0 Å². The number of halogens is 3. The van der Waals surface area contributed by atoms with Gasteiger partial charge in [-0.2, -0.15) is 23.3 Å². The van der Waals surface area contributed by atoms with Gasteiger partial charge in [0.1, 0.15) is 5.76 Å². The number of hydrazone groups is 1. The third-order valence-corrected chi connectivity index (χ3v) is 3.69. The zero-order chi connectivity index (χ0) is 17.5. The van der Waals surface area contributed by atoms with Gasteiger partial charge in [0.25, 0.3) is 5.72 Å². The molecule has 0 saturated heterocycles. The lowest BCUT2D eigenvalue weighted by Crippen LogP contribution is -2.56. The number of carbonyl (C=O) groups excluding carboxylic acids is 1. The average molecular weight is 338 g/mol. The summed E-state index contributed by atoms with van der Waals surface area (Å²) in [5, 5.41) is 14.0. The number of alkyl halides is 3. The molecule has 1 aliphatic rings. The fraction of sp³-hybridized carbons (Fsp3) is 0.250. The Morgan fingerprint density at radius 3 is 2.46 bits per heavy atom. The first-order valence-corrected chi connectivity index (χ1v) is 7.05. The highest BCUT2D eigenvalue weighted by Crippen LogP contribution is 2.42. The van der Waals surface area contributed by atoms with Crippen molar-refractivity contribution in [3.63, 3.8) is 0 Å². The second-order valence-electron chi connectivity index (χ2n) is 5.43. The third-order valence-electron chi connectivity index (χ3n) is 3.69. The summed E-state index contributed by atoms with van der Waals surface area (Å²) in [5.41, 5.74) is -3.06. The van der Waals surface area contributed by atoms with Crippen molar-refractivity contribution in [2.24, 2.45) is 5.10 Å². The van der Waals surface area contributed by atoms with Crippen molar-refractivity contribution in [3.05, 3.63) is 59.5 Å². The van der Waals surface area contributed by atoms with Crippen LogP contribution in [0.3, 0.4) is 0 Å². The lowest BCUT2D eigenvalue weighted by Gasteiger charge is -2.32. The summed E-state index contributed by atoms with van der Waals surface area (Å²) in [6, 6.07) is 10.8. The molecule has 1 atom stereocenters. The van der Waals surface area contributed by atoms with Gasteiger partial charge in [-0.1, -0.05) is 30.3 Å². The molecule has 1 aliphatic heterocycles. The summed E-state index contributed by atoms with van der Waals surface area (Å²) in [5.74, 6) is -1.12. The third kappa shape index (κ3) is 2.58. The Morgan fingerprint density at radius 2 is 1.92 bits per heavy atom. The SMILES string of the molecule is Cc1ccc(C(=O)N2N=C(c3ccccc3)C[C@@]2(O)C(F)(F)F)o1. The molecule has 126 valence electrons. The Morgan fingerprint density at radius 1 is 1.25 bits per heavy atom. The Labute approximate surface area is 135 Å². The summed E-state index contributed by atoms with van der Waals surface area (Å²) >= 11 is 0. The van der Waals surface area contributed by atoms with E-state index in [0.29, 0.717) is 11.3 Å². The van der Waals surface area contributed by atoms with Gasteiger partial charge >= 0.3 is 12.1 Å². The van der Waals surface area contributed by atoms with Gasteiger partial charge in [-0.25, -0.2) is 0 Å². The number of carbonyl (C=O) groups is 1. The molecule has 0 spiro atoms. The van der Waals surface area contributed by atoms with E-state index in [2.05, 4.69) is 5.10 Å². The van der Waals surface area contributed by atoms with Crippen molar-refractivity contribution in [2.45, 2.75) is 25.2 Å². The molecular weight excluding hydrogens is 325 g/mol. The molecule has 1 N–H and O–H groups in total. The van der Waals surface area contributed by atoms with Crippen molar-refractivity contribution in [2.75, 3.05) is 0 Å². The molecule has 0 fully saturated rings. The quantitative estimate of drug-likeness (QED) is 0.915. The van der Waals surface area contributed by atoms with E-state index in [9.17, 15) is 23.1 Å². The first kappa shape index (κ1) is 16.3. The van der Waals surface area contributed by atoms with Crippen LogP contribution in [0.1, 0.15) is 28.3 Å². The van der Waals surface area contributed by atoms with E-state index in [-0.39, 0.29) is 16.5 Å². The van der Waals surface area contributed by atoms with Gasteiger partial charge in [0, 0.05) is 0 Å². The van der Waals surface area contributed by atoms with E-state index in [1.807, 2.05) is 0 Å². The summed E-state index contributed by atoms with van der Waals surface area (Å²) in [6.07, 6.45) is -5.93. The molecular formula is C16H13F3N2O3. The van der Waals surface area contributed by atoms with Crippen LogP contribution < -0.4 is 0 Å². The van der Waals surface area contributed by atoms with Gasteiger partial charge in [0.05, 0.1) is 12.1 Å². The minimum absolute atomic E-state index is 0.0351. The summed E-state index contributed by atoms with van der Waals surface area (Å²) < 4.78 is 45.3. The average Bonchev–Trinajstić information content (AvgIpc) is 3.12. The van der Waals surface area contributed by atoms with Crippen LogP contribution in [0, 0.1) is 6.92 Å². The molecule has 1 aromatic carbocycles. The zero-order valence-electron chi connectivity index (χ0n) is 12.5. The highest BCUT2D eigenvalue weighted by molar-refractivity contribution is 6.04. The fourth-order valence-corrected chi connectivity index (χ4v) is 2.43. The Hall–Kier alpha value is -2.61. The predicted octanol–water partition coefficient (Wildman–Crippen LogP) is 3.09. The maximum absolute atomic E-state index is 13.4. The number of hydrogen-bond donors (Lipinski definition) is 1. The molecule has 0 aliphatic carbocycles. The van der Waals surface area contributed by atoms with E-state index in [4.69, 9.17) is 4.42 Å². The highest BCUT2D eigenvalue weighted by atomic mass is 19.4.